The first-order valence-electron chi connectivity index (χ1n) is 9.89. The fourth-order valence-corrected chi connectivity index (χ4v) is 4.71. The summed E-state index contributed by atoms with van der Waals surface area (Å²) in [5, 5.41) is 1.29. The Hall–Kier alpha value is -2.07. The molecule has 0 aliphatic carbocycles. The number of fused-ring (bicyclic) bond motifs is 2. The van der Waals surface area contributed by atoms with Gasteiger partial charge in [-0.25, -0.2) is 0 Å². The molecule has 2 aliphatic heterocycles. The minimum Gasteiger partial charge on any atom is -0.345 e. The third kappa shape index (κ3) is 2.59. The van der Waals surface area contributed by atoms with Gasteiger partial charge in [-0.15, -0.1) is 0 Å². The van der Waals surface area contributed by atoms with Crippen molar-refractivity contribution < 1.29 is 4.79 Å². The first kappa shape index (κ1) is 17.3. The molecule has 0 radical (unpaired) electrons. The van der Waals surface area contributed by atoms with Crippen molar-refractivity contribution >= 4 is 22.4 Å². The Bertz CT molecular complexity index is 859. The average molecular weight is 351 g/mol. The normalized spacial score (nSPS) is 22.4. The standard InChI is InChI=1S/C22H29N3O/c1-5-23(6-2)22(26)17-12-19-18-9-7-8-16-10-11-24(21(16)18)14-20(19)25(13-17)15(3)4/h7-12,15,17,20H,5-6,13-14H2,1-4H3/t17-,20-/m0/s1. The molecular weight excluding hydrogens is 322 g/mol. The zero-order valence-electron chi connectivity index (χ0n) is 16.3. The van der Waals surface area contributed by atoms with E-state index in [1.807, 2.05) is 4.90 Å². The number of benzene rings is 1. The van der Waals surface area contributed by atoms with Crippen molar-refractivity contribution in [3.8, 4) is 0 Å². The summed E-state index contributed by atoms with van der Waals surface area (Å²) in [5.41, 5.74) is 3.95. The summed E-state index contributed by atoms with van der Waals surface area (Å²) in [7, 11) is 0. The number of para-hydroxylation sites is 1. The molecule has 4 rings (SSSR count). The van der Waals surface area contributed by atoms with Crippen molar-refractivity contribution in [1.82, 2.24) is 14.4 Å². The highest BCUT2D eigenvalue weighted by Crippen LogP contribution is 2.39. The van der Waals surface area contributed by atoms with Gasteiger partial charge in [0.2, 0.25) is 5.91 Å². The van der Waals surface area contributed by atoms with E-state index in [4.69, 9.17) is 0 Å². The van der Waals surface area contributed by atoms with Crippen LogP contribution in [0.5, 0.6) is 0 Å². The van der Waals surface area contributed by atoms with Crippen LogP contribution in [-0.4, -0.2) is 52.0 Å². The van der Waals surface area contributed by atoms with Crippen LogP contribution in [0.2, 0.25) is 0 Å². The molecule has 0 N–H and O–H groups in total. The van der Waals surface area contributed by atoms with Crippen LogP contribution in [-0.2, 0) is 11.3 Å². The lowest BCUT2D eigenvalue weighted by molar-refractivity contribution is -0.134. The van der Waals surface area contributed by atoms with E-state index in [9.17, 15) is 4.79 Å². The van der Waals surface area contributed by atoms with Gasteiger partial charge in [-0.1, -0.05) is 24.3 Å². The molecule has 0 fully saturated rings. The summed E-state index contributed by atoms with van der Waals surface area (Å²) in [6.07, 6.45) is 4.48. The molecule has 0 spiro atoms. The van der Waals surface area contributed by atoms with Crippen LogP contribution in [0.3, 0.4) is 0 Å². The summed E-state index contributed by atoms with van der Waals surface area (Å²) in [6, 6.07) is 9.50. The van der Waals surface area contributed by atoms with Crippen LogP contribution >= 0.6 is 0 Å². The van der Waals surface area contributed by atoms with Gasteiger partial charge in [-0.2, -0.15) is 0 Å². The van der Waals surface area contributed by atoms with Crippen molar-refractivity contribution in [2.24, 2.45) is 5.92 Å². The fourth-order valence-electron chi connectivity index (χ4n) is 4.71. The van der Waals surface area contributed by atoms with Gasteiger partial charge in [0.15, 0.2) is 0 Å². The molecule has 0 saturated heterocycles. The number of carbonyl (C=O) groups is 1. The zero-order valence-corrected chi connectivity index (χ0v) is 16.3. The van der Waals surface area contributed by atoms with Crippen molar-refractivity contribution in [3.63, 3.8) is 0 Å². The molecule has 3 heterocycles. The Balaban J connectivity index is 1.83. The summed E-state index contributed by atoms with van der Waals surface area (Å²) in [4.78, 5) is 17.6. The number of amides is 1. The smallest absolute Gasteiger partial charge is 0.230 e. The predicted molar refractivity (Wildman–Crippen MR) is 107 cm³/mol. The van der Waals surface area contributed by atoms with Crippen molar-refractivity contribution in [2.75, 3.05) is 19.6 Å². The van der Waals surface area contributed by atoms with E-state index in [1.54, 1.807) is 0 Å². The minimum atomic E-state index is -0.0553. The highest BCUT2D eigenvalue weighted by atomic mass is 16.2. The van der Waals surface area contributed by atoms with Gasteiger partial charge in [0.1, 0.15) is 0 Å². The van der Waals surface area contributed by atoms with Crippen molar-refractivity contribution in [3.05, 3.63) is 42.1 Å². The highest BCUT2D eigenvalue weighted by Gasteiger charge is 2.38. The fraction of sp³-hybridized carbons (Fsp3) is 0.500. The molecule has 0 saturated carbocycles. The molecule has 2 aliphatic rings. The second kappa shape index (κ2) is 6.58. The van der Waals surface area contributed by atoms with Crippen molar-refractivity contribution in [2.45, 2.75) is 46.3 Å². The molecule has 2 atom stereocenters. The Morgan fingerprint density at radius 3 is 2.65 bits per heavy atom. The van der Waals surface area contributed by atoms with Crippen LogP contribution in [0.4, 0.5) is 0 Å². The first-order chi connectivity index (χ1) is 12.5. The van der Waals surface area contributed by atoms with Crippen LogP contribution < -0.4 is 0 Å². The van der Waals surface area contributed by atoms with Gasteiger partial charge < -0.3 is 9.47 Å². The van der Waals surface area contributed by atoms with E-state index < -0.39 is 0 Å². The maximum Gasteiger partial charge on any atom is 0.230 e. The molecular formula is C22H29N3O. The highest BCUT2D eigenvalue weighted by molar-refractivity contribution is 5.96. The zero-order chi connectivity index (χ0) is 18.4. The molecule has 138 valence electrons. The quantitative estimate of drug-likeness (QED) is 0.842. The van der Waals surface area contributed by atoms with Gasteiger partial charge in [0.05, 0.1) is 17.5 Å². The van der Waals surface area contributed by atoms with Crippen LogP contribution in [0.15, 0.2) is 36.5 Å². The number of aromatic nitrogens is 1. The summed E-state index contributed by atoms with van der Waals surface area (Å²) < 4.78 is 2.38. The molecule has 0 unspecified atom stereocenters. The van der Waals surface area contributed by atoms with Crippen LogP contribution in [0.1, 0.15) is 33.3 Å². The largest absolute Gasteiger partial charge is 0.345 e. The maximum absolute atomic E-state index is 13.1. The topological polar surface area (TPSA) is 28.5 Å². The molecule has 1 aromatic heterocycles. The number of nitrogens with zero attached hydrogens (tertiary/aromatic N) is 3. The molecule has 4 nitrogen and oxygen atoms in total. The number of rotatable bonds is 4. The molecule has 1 amide bonds. The SMILES string of the molecule is CCN(CC)C(=O)[C@H]1C=C2c3cccc4ccn(c34)C[C@@H]2N(C(C)C)C1. The van der Waals surface area contributed by atoms with E-state index in [2.05, 4.69) is 73.7 Å². The third-order valence-electron chi connectivity index (χ3n) is 6.07. The second-order valence-corrected chi connectivity index (χ2v) is 7.76. The summed E-state index contributed by atoms with van der Waals surface area (Å²) in [5.74, 6) is 0.208. The number of hydrogen-bond donors (Lipinski definition) is 0. The lowest BCUT2D eigenvalue weighted by Crippen LogP contribution is -2.52. The monoisotopic (exact) mass is 351 g/mol. The maximum atomic E-state index is 13.1. The number of carbonyl (C=O) groups excluding carboxylic acids is 1. The van der Waals surface area contributed by atoms with Crippen LogP contribution in [0.25, 0.3) is 16.5 Å². The van der Waals surface area contributed by atoms with E-state index in [0.29, 0.717) is 12.1 Å². The third-order valence-corrected chi connectivity index (χ3v) is 6.07. The van der Waals surface area contributed by atoms with E-state index in [0.717, 1.165) is 26.2 Å². The van der Waals surface area contributed by atoms with E-state index in [1.165, 1.54) is 22.0 Å². The van der Waals surface area contributed by atoms with Gasteiger partial charge in [0.25, 0.3) is 0 Å². The molecule has 26 heavy (non-hydrogen) atoms. The lowest BCUT2D eigenvalue weighted by Gasteiger charge is -2.44. The minimum absolute atomic E-state index is 0.0553. The molecule has 2 aromatic rings. The average Bonchev–Trinajstić information content (AvgIpc) is 3.06. The van der Waals surface area contributed by atoms with Crippen molar-refractivity contribution in [1.29, 1.82) is 0 Å². The van der Waals surface area contributed by atoms with E-state index in [-0.39, 0.29) is 11.8 Å². The van der Waals surface area contributed by atoms with Gasteiger partial charge in [-0.05, 0) is 39.3 Å². The van der Waals surface area contributed by atoms with Gasteiger partial charge in [-0.3, -0.25) is 9.69 Å². The predicted octanol–water partition coefficient (Wildman–Crippen LogP) is 3.62. The molecule has 4 heteroatoms. The van der Waals surface area contributed by atoms with Crippen LogP contribution in [0, 0.1) is 5.92 Å². The summed E-state index contributed by atoms with van der Waals surface area (Å²) >= 11 is 0. The van der Waals surface area contributed by atoms with Gasteiger partial charge >= 0.3 is 0 Å². The molecule has 1 aromatic carbocycles. The Morgan fingerprint density at radius 2 is 1.96 bits per heavy atom. The van der Waals surface area contributed by atoms with E-state index >= 15 is 0 Å². The van der Waals surface area contributed by atoms with Gasteiger partial charge in [0, 0.05) is 49.4 Å². The Kier molecular flexibility index (Phi) is 4.39. The summed E-state index contributed by atoms with van der Waals surface area (Å²) in [6.45, 7) is 12.0. The lowest BCUT2D eigenvalue weighted by atomic mass is 9.84. The number of hydrogen-bond acceptors (Lipinski definition) is 2. The second-order valence-electron chi connectivity index (χ2n) is 7.76. The Labute approximate surface area is 156 Å². The first-order valence-corrected chi connectivity index (χ1v) is 9.89. The Morgan fingerprint density at radius 1 is 1.19 bits per heavy atom. The molecule has 0 bridgehead atoms.